The van der Waals surface area contributed by atoms with E-state index >= 15 is 0 Å². The SMILES string of the molecule is ON1CCOC(C[C@H]2CO2)C1. The van der Waals surface area contributed by atoms with Crippen LogP contribution in [0, 0.1) is 0 Å². The number of ether oxygens (including phenoxy) is 2. The molecule has 2 aliphatic heterocycles. The van der Waals surface area contributed by atoms with Crippen molar-refractivity contribution in [2.24, 2.45) is 0 Å². The zero-order chi connectivity index (χ0) is 7.68. The third-order valence-corrected chi connectivity index (χ3v) is 2.05. The summed E-state index contributed by atoms with van der Waals surface area (Å²) in [6.07, 6.45) is 1.49. The minimum absolute atomic E-state index is 0.168. The van der Waals surface area contributed by atoms with Gasteiger partial charge in [-0.25, -0.2) is 0 Å². The van der Waals surface area contributed by atoms with Gasteiger partial charge in [0.15, 0.2) is 0 Å². The molecule has 0 bridgehead atoms. The van der Waals surface area contributed by atoms with E-state index < -0.39 is 0 Å². The molecule has 0 aromatic carbocycles. The first-order chi connectivity index (χ1) is 5.34. The number of hydroxylamine groups is 2. The largest absolute Gasteiger partial charge is 0.375 e. The van der Waals surface area contributed by atoms with Crippen LogP contribution in [0.3, 0.4) is 0 Å². The summed E-state index contributed by atoms with van der Waals surface area (Å²) in [6, 6.07) is 0. The molecular weight excluding hydrogens is 146 g/mol. The van der Waals surface area contributed by atoms with E-state index in [4.69, 9.17) is 14.7 Å². The van der Waals surface area contributed by atoms with Crippen LogP contribution in [0.2, 0.25) is 0 Å². The summed E-state index contributed by atoms with van der Waals surface area (Å²) in [6.45, 7) is 2.75. The molecule has 0 saturated carbocycles. The minimum atomic E-state index is 0.168. The van der Waals surface area contributed by atoms with E-state index in [1.807, 2.05) is 0 Å². The number of hydrogen-bond donors (Lipinski definition) is 1. The summed E-state index contributed by atoms with van der Waals surface area (Å²) >= 11 is 0. The lowest BCUT2D eigenvalue weighted by Crippen LogP contribution is -2.40. The fourth-order valence-electron chi connectivity index (χ4n) is 1.34. The highest BCUT2D eigenvalue weighted by molar-refractivity contribution is 4.77. The molecule has 0 aliphatic carbocycles. The summed E-state index contributed by atoms with van der Waals surface area (Å²) in [4.78, 5) is 0. The van der Waals surface area contributed by atoms with Gasteiger partial charge >= 0.3 is 0 Å². The van der Waals surface area contributed by atoms with E-state index in [0.29, 0.717) is 25.8 Å². The lowest BCUT2D eigenvalue weighted by Gasteiger charge is -2.27. The minimum Gasteiger partial charge on any atom is -0.375 e. The maximum atomic E-state index is 9.13. The van der Waals surface area contributed by atoms with Gasteiger partial charge in [0.2, 0.25) is 0 Å². The Labute approximate surface area is 65.7 Å². The number of rotatable bonds is 2. The van der Waals surface area contributed by atoms with Gasteiger partial charge in [-0.3, -0.25) is 0 Å². The Morgan fingerprint density at radius 3 is 2.82 bits per heavy atom. The second-order valence-electron chi connectivity index (χ2n) is 3.10. The third-order valence-electron chi connectivity index (χ3n) is 2.05. The van der Waals surface area contributed by atoms with E-state index in [-0.39, 0.29) is 6.10 Å². The molecule has 0 aromatic heterocycles. The first-order valence-electron chi connectivity index (χ1n) is 4.01. The number of hydrogen-bond acceptors (Lipinski definition) is 4. The fraction of sp³-hybridized carbons (Fsp3) is 1.00. The van der Waals surface area contributed by atoms with Crippen molar-refractivity contribution in [3.8, 4) is 0 Å². The summed E-state index contributed by atoms with van der Waals surface area (Å²) < 4.78 is 10.5. The average molecular weight is 159 g/mol. The number of nitrogens with zero attached hydrogens (tertiary/aromatic N) is 1. The van der Waals surface area contributed by atoms with E-state index in [9.17, 15) is 0 Å². The van der Waals surface area contributed by atoms with Crippen molar-refractivity contribution in [1.82, 2.24) is 5.06 Å². The van der Waals surface area contributed by atoms with E-state index in [0.717, 1.165) is 13.0 Å². The molecule has 0 spiro atoms. The number of morpholine rings is 1. The molecule has 4 heteroatoms. The Hall–Kier alpha value is -0.160. The lowest BCUT2D eigenvalue weighted by atomic mass is 10.2. The first kappa shape index (κ1) is 7.49. The molecule has 0 radical (unpaired) electrons. The van der Waals surface area contributed by atoms with Gasteiger partial charge in [-0.05, 0) is 0 Å². The van der Waals surface area contributed by atoms with Crippen molar-refractivity contribution in [2.75, 3.05) is 26.3 Å². The second-order valence-corrected chi connectivity index (χ2v) is 3.10. The summed E-state index contributed by atoms with van der Waals surface area (Å²) in [7, 11) is 0. The summed E-state index contributed by atoms with van der Waals surface area (Å²) in [5.41, 5.74) is 0. The van der Waals surface area contributed by atoms with Crippen LogP contribution in [0.4, 0.5) is 0 Å². The lowest BCUT2D eigenvalue weighted by molar-refractivity contribution is -0.170. The molecule has 2 atom stereocenters. The van der Waals surface area contributed by atoms with Gasteiger partial charge in [-0.1, -0.05) is 0 Å². The van der Waals surface area contributed by atoms with Crippen LogP contribution >= 0.6 is 0 Å². The third kappa shape index (κ3) is 2.13. The molecule has 2 aliphatic rings. The van der Waals surface area contributed by atoms with Crippen LogP contribution in [0.5, 0.6) is 0 Å². The molecule has 64 valence electrons. The van der Waals surface area contributed by atoms with Crippen LogP contribution in [-0.2, 0) is 9.47 Å². The van der Waals surface area contributed by atoms with Crippen molar-refractivity contribution < 1.29 is 14.7 Å². The molecule has 0 amide bonds. The van der Waals surface area contributed by atoms with Gasteiger partial charge in [-0.15, -0.1) is 0 Å². The van der Waals surface area contributed by atoms with Crippen LogP contribution in [0.15, 0.2) is 0 Å². The van der Waals surface area contributed by atoms with Gasteiger partial charge in [0.1, 0.15) is 0 Å². The van der Waals surface area contributed by atoms with Crippen molar-refractivity contribution in [3.63, 3.8) is 0 Å². The Morgan fingerprint density at radius 2 is 2.18 bits per heavy atom. The topological polar surface area (TPSA) is 45.2 Å². The van der Waals surface area contributed by atoms with E-state index in [2.05, 4.69) is 0 Å². The van der Waals surface area contributed by atoms with Crippen molar-refractivity contribution in [2.45, 2.75) is 18.6 Å². The number of epoxide rings is 1. The van der Waals surface area contributed by atoms with Crippen molar-refractivity contribution in [1.29, 1.82) is 0 Å². The average Bonchev–Trinajstić information content (AvgIpc) is 2.71. The quantitative estimate of drug-likeness (QED) is 0.570. The molecule has 1 unspecified atom stereocenters. The normalized spacial score (nSPS) is 39.0. The van der Waals surface area contributed by atoms with Gasteiger partial charge in [0, 0.05) is 13.0 Å². The second kappa shape index (κ2) is 3.06. The zero-order valence-corrected chi connectivity index (χ0v) is 6.40. The Morgan fingerprint density at radius 1 is 1.36 bits per heavy atom. The van der Waals surface area contributed by atoms with Gasteiger partial charge in [0.25, 0.3) is 0 Å². The molecule has 2 saturated heterocycles. The fourth-order valence-corrected chi connectivity index (χ4v) is 1.34. The predicted octanol–water partition coefficient (Wildman–Crippen LogP) is -0.135. The Balaban J connectivity index is 1.73. The molecule has 0 aromatic rings. The molecule has 2 heterocycles. The monoisotopic (exact) mass is 159 g/mol. The highest BCUT2D eigenvalue weighted by Gasteiger charge is 2.29. The van der Waals surface area contributed by atoms with Gasteiger partial charge in [0.05, 0.1) is 32.0 Å². The maximum absolute atomic E-state index is 9.13. The van der Waals surface area contributed by atoms with Crippen LogP contribution < -0.4 is 0 Å². The maximum Gasteiger partial charge on any atom is 0.0835 e. The molecule has 2 rings (SSSR count). The van der Waals surface area contributed by atoms with Crippen LogP contribution in [-0.4, -0.2) is 48.8 Å². The van der Waals surface area contributed by atoms with Crippen molar-refractivity contribution in [3.05, 3.63) is 0 Å². The van der Waals surface area contributed by atoms with Crippen molar-refractivity contribution >= 4 is 0 Å². The standard InChI is InChI=1S/C7H13NO3/c9-8-1-2-10-6(4-8)3-7-5-11-7/h6-7,9H,1-5H2/t6?,7-/m0/s1. The highest BCUT2D eigenvalue weighted by atomic mass is 16.6. The molecule has 2 fully saturated rings. The summed E-state index contributed by atoms with van der Waals surface area (Å²) in [5, 5.41) is 10.4. The van der Waals surface area contributed by atoms with Gasteiger partial charge in [-0.2, -0.15) is 5.06 Å². The smallest absolute Gasteiger partial charge is 0.0835 e. The molecule has 4 nitrogen and oxygen atoms in total. The van der Waals surface area contributed by atoms with E-state index in [1.54, 1.807) is 0 Å². The Bertz CT molecular complexity index is 136. The summed E-state index contributed by atoms with van der Waals surface area (Å²) in [5.74, 6) is 0. The first-order valence-corrected chi connectivity index (χ1v) is 4.01. The molecular formula is C7H13NO3. The molecule has 1 N–H and O–H groups in total. The van der Waals surface area contributed by atoms with Gasteiger partial charge < -0.3 is 14.7 Å². The molecule has 11 heavy (non-hydrogen) atoms. The highest BCUT2D eigenvalue weighted by Crippen LogP contribution is 2.19. The Kier molecular flexibility index (Phi) is 2.09. The zero-order valence-electron chi connectivity index (χ0n) is 6.40. The van der Waals surface area contributed by atoms with Crippen LogP contribution in [0.25, 0.3) is 0 Å². The van der Waals surface area contributed by atoms with Crippen LogP contribution in [0.1, 0.15) is 6.42 Å². The van der Waals surface area contributed by atoms with E-state index in [1.165, 1.54) is 5.06 Å². The predicted molar refractivity (Wildman–Crippen MR) is 37.5 cm³/mol.